The third kappa shape index (κ3) is 3.44. The van der Waals surface area contributed by atoms with Gasteiger partial charge < -0.3 is 4.74 Å². The molecule has 2 rings (SSSR count). The predicted octanol–water partition coefficient (Wildman–Crippen LogP) is 5.72. The molecule has 0 heterocycles. The van der Waals surface area contributed by atoms with Gasteiger partial charge in [-0.1, -0.05) is 40.1 Å². The molecule has 0 radical (unpaired) electrons. The molecule has 0 saturated heterocycles. The van der Waals surface area contributed by atoms with E-state index in [0.29, 0.717) is 24.2 Å². The lowest BCUT2D eigenvalue weighted by molar-refractivity contribution is 0.383. The number of hydrogen-bond acceptors (Lipinski definition) is 1. The van der Waals surface area contributed by atoms with Crippen molar-refractivity contribution < 1.29 is 26.7 Å². The zero-order valence-electron chi connectivity index (χ0n) is 14.9. The topological polar surface area (TPSA) is 9.23 Å². The summed E-state index contributed by atoms with van der Waals surface area (Å²) in [5, 5.41) is -1.58. The highest BCUT2D eigenvalue weighted by atomic mass is 31.1. The van der Waals surface area contributed by atoms with Gasteiger partial charge in [-0.2, -0.15) is 0 Å². The molecule has 1 atom stereocenters. The first kappa shape index (κ1) is 20.6. The molecule has 0 bridgehead atoms. The summed E-state index contributed by atoms with van der Waals surface area (Å²) in [6.07, 6.45) is 0.891. The van der Waals surface area contributed by atoms with Crippen molar-refractivity contribution in [3.63, 3.8) is 0 Å². The minimum atomic E-state index is -2.14. The van der Waals surface area contributed by atoms with Crippen molar-refractivity contribution >= 4 is 13.9 Å². The zero-order chi connectivity index (χ0) is 19.6. The van der Waals surface area contributed by atoms with E-state index in [4.69, 9.17) is 4.74 Å². The first-order valence-electron chi connectivity index (χ1n) is 8.17. The third-order valence-electron chi connectivity index (χ3n) is 4.65. The summed E-state index contributed by atoms with van der Waals surface area (Å²) >= 11 is 0. The Labute approximate surface area is 151 Å². The van der Waals surface area contributed by atoms with Gasteiger partial charge in [-0.15, -0.1) is 0 Å². The van der Waals surface area contributed by atoms with Gasteiger partial charge in [0, 0.05) is 10.7 Å². The van der Waals surface area contributed by atoms with E-state index in [0.717, 1.165) is 5.56 Å². The summed E-state index contributed by atoms with van der Waals surface area (Å²) in [6.45, 7) is 5.51. The minimum Gasteiger partial charge on any atom is -0.496 e. The van der Waals surface area contributed by atoms with Crippen molar-refractivity contribution in [1.29, 1.82) is 0 Å². The fraction of sp³-hybridized carbons (Fsp3) is 0.368. The smallest absolute Gasteiger partial charge is 0.200 e. The number of halogens is 5. The highest BCUT2D eigenvalue weighted by molar-refractivity contribution is 7.48. The molecular formula is C19H20F5OP. The van der Waals surface area contributed by atoms with Crippen molar-refractivity contribution in [3.8, 4) is 5.75 Å². The van der Waals surface area contributed by atoms with E-state index in [1.165, 1.54) is 7.11 Å². The van der Waals surface area contributed by atoms with Crippen LogP contribution in [0.5, 0.6) is 5.75 Å². The van der Waals surface area contributed by atoms with Gasteiger partial charge in [0.1, 0.15) is 5.75 Å². The summed E-state index contributed by atoms with van der Waals surface area (Å²) in [6, 6.07) is 5.42. The second-order valence-electron chi connectivity index (χ2n) is 6.06. The molecule has 142 valence electrons. The largest absolute Gasteiger partial charge is 0.496 e. The molecule has 2 aromatic carbocycles. The maximum atomic E-state index is 14.2. The standard InChI is InChI=1S/C19H20F5OP/c1-5-19(6-2,11-9-10(3)7-8-12(11)25-4)26-18-16(23)14(21)13(20)15(22)17(18)24/h7-9,26H,5-6H2,1-4H3. The van der Waals surface area contributed by atoms with Crippen LogP contribution in [-0.4, -0.2) is 7.11 Å². The molecular weight excluding hydrogens is 370 g/mol. The van der Waals surface area contributed by atoms with Gasteiger partial charge in [0.25, 0.3) is 0 Å². The second kappa shape index (κ2) is 7.91. The Morgan fingerprint density at radius 3 is 1.85 bits per heavy atom. The summed E-state index contributed by atoms with van der Waals surface area (Å²) in [5.74, 6) is -8.97. The van der Waals surface area contributed by atoms with Crippen LogP contribution < -0.4 is 10.0 Å². The number of aryl methyl sites for hydroxylation is 1. The van der Waals surface area contributed by atoms with Crippen molar-refractivity contribution in [3.05, 3.63) is 58.4 Å². The van der Waals surface area contributed by atoms with Crippen LogP contribution in [0.25, 0.3) is 0 Å². The van der Waals surface area contributed by atoms with Crippen molar-refractivity contribution in [2.45, 2.75) is 38.8 Å². The van der Waals surface area contributed by atoms with Crippen LogP contribution in [0.1, 0.15) is 37.8 Å². The van der Waals surface area contributed by atoms with Crippen LogP contribution in [0.2, 0.25) is 0 Å². The van der Waals surface area contributed by atoms with Gasteiger partial charge in [0.2, 0.25) is 5.82 Å². The third-order valence-corrected chi connectivity index (χ3v) is 6.80. The lowest BCUT2D eigenvalue weighted by atomic mass is 9.90. The number of hydrogen-bond donors (Lipinski definition) is 0. The predicted molar refractivity (Wildman–Crippen MR) is 94.2 cm³/mol. The maximum absolute atomic E-state index is 14.2. The SMILES string of the molecule is CCC(CC)(Pc1c(F)c(F)c(F)c(F)c1F)c1cc(C)ccc1OC. The van der Waals surface area contributed by atoms with E-state index in [9.17, 15) is 22.0 Å². The number of rotatable bonds is 6. The van der Waals surface area contributed by atoms with Gasteiger partial charge in [-0.25, -0.2) is 22.0 Å². The van der Waals surface area contributed by atoms with Crippen LogP contribution in [0.3, 0.4) is 0 Å². The lowest BCUT2D eigenvalue weighted by Gasteiger charge is -2.34. The number of methoxy groups -OCH3 is 1. The summed E-state index contributed by atoms with van der Waals surface area (Å²) in [7, 11) is 0.827. The van der Waals surface area contributed by atoms with E-state index in [2.05, 4.69) is 0 Å². The average Bonchev–Trinajstić information content (AvgIpc) is 2.65. The Morgan fingerprint density at radius 1 is 0.885 bits per heavy atom. The summed E-state index contributed by atoms with van der Waals surface area (Å²) in [4.78, 5) is 0. The van der Waals surface area contributed by atoms with Gasteiger partial charge >= 0.3 is 0 Å². The molecule has 1 unspecified atom stereocenters. The van der Waals surface area contributed by atoms with Crippen LogP contribution >= 0.6 is 8.58 Å². The van der Waals surface area contributed by atoms with E-state index < -0.39 is 48.1 Å². The van der Waals surface area contributed by atoms with Gasteiger partial charge in [0.15, 0.2) is 23.3 Å². The zero-order valence-corrected chi connectivity index (χ0v) is 15.9. The second-order valence-corrected chi connectivity index (χ2v) is 7.77. The minimum absolute atomic E-state index is 0.446. The molecule has 0 aromatic heterocycles. The van der Waals surface area contributed by atoms with Gasteiger partial charge in [-0.3, -0.25) is 0 Å². The van der Waals surface area contributed by atoms with Gasteiger partial charge in [-0.05, 0) is 25.8 Å². The van der Waals surface area contributed by atoms with Crippen LogP contribution in [0.4, 0.5) is 22.0 Å². The fourth-order valence-corrected chi connectivity index (χ4v) is 4.63. The van der Waals surface area contributed by atoms with Crippen molar-refractivity contribution in [1.82, 2.24) is 0 Å². The number of benzene rings is 2. The fourth-order valence-electron chi connectivity index (χ4n) is 3.02. The molecule has 1 nitrogen and oxygen atoms in total. The molecule has 0 aliphatic heterocycles. The molecule has 0 N–H and O–H groups in total. The quantitative estimate of drug-likeness (QED) is 0.265. The Morgan fingerprint density at radius 2 is 1.38 bits per heavy atom. The lowest BCUT2D eigenvalue weighted by Crippen LogP contribution is -2.27. The maximum Gasteiger partial charge on any atom is 0.200 e. The van der Waals surface area contributed by atoms with Crippen molar-refractivity contribution in [2.75, 3.05) is 7.11 Å². The molecule has 2 aromatic rings. The first-order valence-corrected chi connectivity index (χ1v) is 9.17. The molecule has 0 aliphatic carbocycles. The molecule has 7 heteroatoms. The summed E-state index contributed by atoms with van der Waals surface area (Å²) in [5.41, 5.74) is 1.61. The molecule has 0 fully saturated rings. The normalized spacial score (nSPS) is 12.2. The van der Waals surface area contributed by atoms with E-state index in [-0.39, 0.29) is 0 Å². The van der Waals surface area contributed by atoms with Crippen LogP contribution in [0.15, 0.2) is 18.2 Å². The average molecular weight is 390 g/mol. The molecule has 0 amide bonds. The van der Waals surface area contributed by atoms with E-state index in [1.807, 2.05) is 32.9 Å². The summed E-state index contributed by atoms with van der Waals surface area (Å²) < 4.78 is 74.4. The molecule has 0 saturated carbocycles. The molecule has 0 spiro atoms. The highest BCUT2D eigenvalue weighted by Gasteiger charge is 2.36. The Kier molecular flexibility index (Phi) is 6.28. The highest BCUT2D eigenvalue weighted by Crippen LogP contribution is 2.51. The van der Waals surface area contributed by atoms with E-state index >= 15 is 0 Å². The van der Waals surface area contributed by atoms with E-state index in [1.54, 1.807) is 6.07 Å². The van der Waals surface area contributed by atoms with Crippen LogP contribution in [0, 0.1) is 36.0 Å². The number of ether oxygens (including phenoxy) is 1. The van der Waals surface area contributed by atoms with Gasteiger partial charge in [0.05, 0.1) is 12.4 Å². The monoisotopic (exact) mass is 390 g/mol. The Bertz CT molecular complexity index is 789. The molecule has 0 aliphatic rings. The van der Waals surface area contributed by atoms with Crippen molar-refractivity contribution in [2.24, 2.45) is 0 Å². The molecule has 26 heavy (non-hydrogen) atoms. The Hall–Kier alpha value is -1.68. The first-order chi connectivity index (χ1) is 12.2. The Balaban J connectivity index is 2.70. The van der Waals surface area contributed by atoms with Crippen LogP contribution in [-0.2, 0) is 5.16 Å².